The van der Waals surface area contributed by atoms with Crippen molar-refractivity contribution in [2.75, 3.05) is 0 Å². The van der Waals surface area contributed by atoms with E-state index in [1.165, 1.54) is 152 Å². The van der Waals surface area contributed by atoms with Crippen molar-refractivity contribution in [3.63, 3.8) is 0 Å². The Morgan fingerprint density at radius 3 is 1.12 bits per heavy atom. The zero-order chi connectivity index (χ0) is 23.9. The zero-order valence-corrected chi connectivity index (χ0v) is 22.5. The largest absolute Gasteiger partial charge is 0.0654 e. The molecule has 0 saturated heterocycles. The van der Waals surface area contributed by atoms with Crippen LogP contribution in [0.1, 0.15) is 141 Å². The quantitative estimate of drug-likeness (QED) is 0.153. The first-order valence-corrected chi connectivity index (χ1v) is 15.0. The van der Waals surface area contributed by atoms with E-state index in [2.05, 4.69) is 61.5 Å². The van der Waals surface area contributed by atoms with Gasteiger partial charge in [0.1, 0.15) is 0 Å². The lowest BCUT2D eigenvalue weighted by Gasteiger charge is -2.05. The minimum absolute atomic E-state index is 1.23. The molecule has 0 aliphatic rings. The number of hydrogen-bond acceptors (Lipinski definition) is 0. The van der Waals surface area contributed by atoms with Gasteiger partial charge in [-0.3, -0.25) is 0 Å². The maximum Gasteiger partial charge on any atom is -0.0184 e. The average molecular weight is 463 g/mol. The Labute approximate surface area is 213 Å². The monoisotopic (exact) mass is 462 g/mol. The van der Waals surface area contributed by atoms with Gasteiger partial charge < -0.3 is 0 Å². The third-order valence-corrected chi connectivity index (χ3v) is 7.38. The summed E-state index contributed by atoms with van der Waals surface area (Å²) in [6.07, 6.45) is 30.2. The summed E-state index contributed by atoms with van der Waals surface area (Å²) in [5.74, 6) is 0. The molecule has 2 rings (SSSR count). The second kappa shape index (κ2) is 20.8. The van der Waals surface area contributed by atoms with E-state index in [1.807, 2.05) is 0 Å². The highest BCUT2D eigenvalue weighted by Crippen LogP contribution is 2.20. The molecule has 0 aliphatic heterocycles. The Morgan fingerprint density at radius 2 is 0.706 bits per heavy atom. The molecule has 2 aromatic carbocycles. The molecule has 0 amide bonds. The maximum atomic E-state index is 2.32. The highest BCUT2D eigenvalue weighted by molar-refractivity contribution is 5.63. The van der Waals surface area contributed by atoms with Gasteiger partial charge in [-0.1, -0.05) is 184 Å². The lowest BCUT2D eigenvalue weighted by Crippen LogP contribution is -1.87. The van der Waals surface area contributed by atoms with Gasteiger partial charge in [-0.05, 0) is 29.5 Å². The van der Waals surface area contributed by atoms with Crippen LogP contribution in [-0.4, -0.2) is 0 Å². The van der Waals surface area contributed by atoms with Crippen LogP contribution in [0.2, 0.25) is 0 Å². The van der Waals surface area contributed by atoms with Gasteiger partial charge in [-0.25, -0.2) is 0 Å². The van der Waals surface area contributed by atoms with Crippen molar-refractivity contribution in [3.05, 3.63) is 60.2 Å². The summed E-state index contributed by atoms with van der Waals surface area (Å²) in [5, 5.41) is 0. The van der Waals surface area contributed by atoms with Crippen molar-refractivity contribution in [1.29, 1.82) is 0 Å². The topological polar surface area (TPSA) is 0 Å². The van der Waals surface area contributed by atoms with Gasteiger partial charge in [-0.2, -0.15) is 0 Å². The van der Waals surface area contributed by atoms with Gasteiger partial charge in [0.25, 0.3) is 0 Å². The number of hydrogen-bond donors (Lipinski definition) is 0. The first-order chi connectivity index (χ1) is 16.9. The highest BCUT2D eigenvalue weighted by Gasteiger charge is 1.99. The average Bonchev–Trinajstić information content (AvgIpc) is 2.88. The predicted molar refractivity (Wildman–Crippen MR) is 154 cm³/mol. The van der Waals surface area contributed by atoms with E-state index >= 15 is 0 Å². The lowest BCUT2D eigenvalue weighted by atomic mass is 10.0. The van der Waals surface area contributed by atoms with Crippen LogP contribution in [0.3, 0.4) is 0 Å². The Morgan fingerprint density at radius 1 is 0.353 bits per heavy atom. The van der Waals surface area contributed by atoms with E-state index in [0.717, 1.165) is 0 Å². The molecule has 0 heteroatoms. The summed E-state index contributed by atoms with van der Waals surface area (Å²) in [4.78, 5) is 0. The van der Waals surface area contributed by atoms with Crippen LogP contribution >= 0.6 is 0 Å². The number of rotatable bonds is 22. The van der Waals surface area contributed by atoms with E-state index in [-0.39, 0.29) is 0 Å². The third kappa shape index (κ3) is 14.6. The van der Waals surface area contributed by atoms with E-state index in [1.54, 1.807) is 0 Å². The number of unbranched alkanes of at least 4 members (excludes halogenated alkanes) is 19. The summed E-state index contributed by atoms with van der Waals surface area (Å²) in [5.41, 5.74) is 4.13. The summed E-state index contributed by atoms with van der Waals surface area (Å²) in [6.45, 7) is 2.30. The first-order valence-electron chi connectivity index (χ1n) is 15.0. The summed E-state index contributed by atoms with van der Waals surface area (Å²) in [6, 6.07) is 19.9. The minimum Gasteiger partial charge on any atom is -0.0654 e. The minimum atomic E-state index is 1.23. The van der Waals surface area contributed by atoms with Crippen molar-refractivity contribution in [3.8, 4) is 11.1 Å². The third-order valence-electron chi connectivity index (χ3n) is 7.38. The molecule has 0 bridgehead atoms. The van der Waals surface area contributed by atoms with Gasteiger partial charge in [0.15, 0.2) is 0 Å². The molecule has 0 unspecified atom stereocenters. The first kappa shape index (κ1) is 28.7. The summed E-state index contributed by atoms with van der Waals surface area (Å²) >= 11 is 0. The maximum absolute atomic E-state index is 2.32. The van der Waals surface area contributed by atoms with E-state index in [0.29, 0.717) is 0 Å². The molecule has 0 fully saturated rings. The van der Waals surface area contributed by atoms with Crippen LogP contribution in [0.15, 0.2) is 54.6 Å². The molecule has 0 heterocycles. The number of benzene rings is 2. The molecule has 0 aromatic heterocycles. The summed E-state index contributed by atoms with van der Waals surface area (Å²) < 4.78 is 0. The SMILES string of the molecule is CCCCCCCCCCCCCCCCCCCCCCc1ccc(-c2ccccc2)cc1. The predicted octanol–water partition coefficient (Wildman–Crippen LogP) is 11.7. The van der Waals surface area contributed by atoms with Crippen molar-refractivity contribution in [2.45, 2.75) is 142 Å². The second-order valence-corrected chi connectivity index (χ2v) is 10.5. The fraction of sp³-hybridized carbons (Fsp3) is 0.647. The van der Waals surface area contributed by atoms with Crippen molar-refractivity contribution in [1.82, 2.24) is 0 Å². The van der Waals surface area contributed by atoms with E-state index in [9.17, 15) is 0 Å². The van der Waals surface area contributed by atoms with E-state index < -0.39 is 0 Å². The van der Waals surface area contributed by atoms with Gasteiger partial charge in [0, 0.05) is 0 Å². The van der Waals surface area contributed by atoms with Crippen LogP contribution < -0.4 is 0 Å². The highest BCUT2D eigenvalue weighted by atomic mass is 14.0. The zero-order valence-electron chi connectivity index (χ0n) is 22.5. The van der Waals surface area contributed by atoms with Gasteiger partial charge in [-0.15, -0.1) is 0 Å². The fourth-order valence-electron chi connectivity index (χ4n) is 5.08. The summed E-state index contributed by atoms with van der Waals surface area (Å²) in [7, 11) is 0. The molecule has 2 aromatic rings. The molecular formula is C34H54. The van der Waals surface area contributed by atoms with Crippen LogP contribution in [0.25, 0.3) is 11.1 Å². The molecule has 34 heavy (non-hydrogen) atoms. The fourth-order valence-corrected chi connectivity index (χ4v) is 5.08. The Balaban J connectivity index is 1.30. The molecule has 0 spiro atoms. The standard InChI is InChI=1S/C34H54/c1-2-3-4-5-6-7-8-9-10-11-12-13-14-15-16-17-18-19-20-22-25-32-28-30-34(31-29-32)33-26-23-21-24-27-33/h21,23-24,26-31H,2-20,22,25H2,1H3. The molecule has 0 aliphatic carbocycles. The van der Waals surface area contributed by atoms with Crippen LogP contribution in [0.4, 0.5) is 0 Å². The smallest absolute Gasteiger partial charge is 0.0184 e. The Kier molecular flexibility index (Phi) is 17.5. The second-order valence-electron chi connectivity index (χ2n) is 10.5. The Hall–Kier alpha value is -1.56. The van der Waals surface area contributed by atoms with Crippen LogP contribution in [0, 0.1) is 0 Å². The number of aryl methyl sites for hydroxylation is 1. The van der Waals surface area contributed by atoms with Gasteiger partial charge in [0.2, 0.25) is 0 Å². The molecule has 0 radical (unpaired) electrons. The van der Waals surface area contributed by atoms with Crippen LogP contribution in [0.5, 0.6) is 0 Å². The normalized spacial score (nSPS) is 11.2. The van der Waals surface area contributed by atoms with E-state index in [4.69, 9.17) is 0 Å². The van der Waals surface area contributed by atoms with Crippen molar-refractivity contribution < 1.29 is 0 Å². The lowest BCUT2D eigenvalue weighted by molar-refractivity contribution is 0.522. The molecule has 0 N–H and O–H groups in total. The molecule has 190 valence electrons. The molecule has 0 saturated carbocycles. The molecular weight excluding hydrogens is 408 g/mol. The molecule has 0 atom stereocenters. The van der Waals surface area contributed by atoms with Gasteiger partial charge in [0.05, 0.1) is 0 Å². The Bertz CT molecular complexity index is 669. The molecule has 0 nitrogen and oxygen atoms in total. The van der Waals surface area contributed by atoms with Crippen molar-refractivity contribution in [2.24, 2.45) is 0 Å². The van der Waals surface area contributed by atoms with Crippen LogP contribution in [-0.2, 0) is 6.42 Å². The van der Waals surface area contributed by atoms with Gasteiger partial charge >= 0.3 is 0 Å². The van der Waals surface area contributed by atoms with Crippen molar-refractivity contribution >= 4 is 0 Å².